The van der Waals surface area contributed by atoms with Gasteiger partial charge in [0, 0.05) is 35.7 Å². The molecule has 2 rings (SSSR count). The second kappa shape index (κ2) is 11.8. The summed E-state index contributed by atoms with van der Waals surface area (Å²) in [6.07, 6.45) is 4.21. The SMILES string of the molecule is CCNC(=NCC(C)Sc1ccccc1)NCCCNC(=O)C1CCC1. The third-order valence-electron chi connectivity index (χ3n) is 4.35. The van der Waals surface area contributed by atoms with E-state index in [0.717, 1.165) is 51.4 Å². The maximum absolute atomic E-state index is 11.8. The van der Waals surface area contributed by atoms with Gasteiger partial charge in [-0.05, 0) is 38.3 Å². The van der Waals surface area contributed by atoms with Gasteiger partial charge in [0.25, 0.3) is 0 Å². The number of carbonyl (C=O) groups is 1. The molecule has 1 aliphatic carbocycles. The van der Waals surface area contributed by atoms with Crippen LogP contribution in [0.4, 0.5) is 0 Å². The first-order chi connectivity index (χ1) is 12.7. The number of guanidine groups is 1. The molecule has 26 heavy (non-hydrogen) atoms. The second-order valence-corrected chi connectivity index (χ2v) is 8.17. The molecule has 1 amide bonds. The van der Waals surface area contributed by atoms with E-state index >= 15 is 0 Å². The minimum absolute atomic E-state index is 0.226. The number of amides is 1. The molecule has 5 nitrogen and oxygen atoms in total. The highest BCUT2D eigenvalue weighted by atomic mass is 32.2. The summed E-state index contributed by atoms with van der Waals surface area (Å²) in [5.41, 5.74) is 0. The van der Waals surface area contributed by atoms with E-state index in [1.54, 1.807) is 0 Å². The van der Waals surface area contributed by atoms with Crippen LogP contribution in [-0.4, -0.2) is 43.3 Å². The highest BCUT2D eigenvalue weighted by Gasteiger charge is 2.24. The molecule has 1 saturated carbocycles. The normalized spacial score (nSPS) is 15.8. The summed E-state index contributed by atoms with van der Waals surface area (Å²) >= 11 is 1.84. The van der Waals surface area contributed by atoms with E-state index in [2.05, 4.69) is 59.1 Å². The molecule has 1 aromatic carbocycles. The average molecular weight is 377 g/mol. The Morgan fingerprint density at radius 3 is 2.58 bits per heavy atom. The van der Waals surface area contributed by atoms with Crippen molar-refractivity contribution in [2.45, 2.75) is 49.7 Å². The summed E-state index contributed by atoms with van der Waals surface area (Å²) in [5, 5.41) is 10.1. The predicted molar refractivity (Wildman–Crippen MR) is 111 cm³/mol. The highest BCUT2D eigenvalue weighted by molar-refractivity contribution is 8.00. The molecule has 0 aromatic heterocycles. The highest BCUT2D eigenvalue weighted by Crippen LogP contribution is 2.26. The Kier molecular flexibility index (Phi) is 9.39. The summed E-state index contributed by atoms with van der Waals surface area (Å²) < 4.78 is 0. The minimum atomic E-state index is 0.226. The summed E-state index contributed by atoms with van der Waals surface area (Å²) in [6.45, 7) is 7.38. The zero-order chi connectivity index (χ0) is 18.6. The number of nitrogens with one attached hydrogen (secondary N) is 3. The third-order valence-corrected chi connectivity index (χ3v) is 5.45. The van der Waals surface area contributed by atoms with Crippen molar-refractivity contribution >= 4 is 23.6 Å². The summed E-state index contributed by atoms with van der Waals surface area (Å²) in [4.78, 5) is 17.7. The van der Waals surface area contributed by atoms with Crippen LogP contribution in [0.2, 0.25) is 0 Å². The smallest absolute Gasteiger partial charge is 0.223 e. The molecule has 1 aromatic rings. The van der Waals surface area contributed by atoms with E-state index in [4.69, 9.17) is 0 Å². The van der Waals surface area contributed by atoms with Gasteiger partial charge >= 0.3 is 0 Å². The Balaban J connectivity index is 1.64. The van der Waals surface area contributed by atoms with Gasteiger partial charge in [0.2, 0.25) is 5.91 Å². The van der Waals surface area contributed by atoms with Gasteiger partial charge in [-0.25, -0.2) is 0 Å². The number of rotatable bonds is 10. The van der Waals surface area contributed by atoms with Crippen LogP contribution < -0.4 is 16.0 Å². The fraction of sp³-hybridized carbons (Fsp3) is 0.600. The number of hydrogen-bond donors (Lipinski definition) is 3. The molecule has 0 spiro atoms. The lowest BCUT2D eigenvalue weighted by Crippen LogP contribution is -2.40. The Bertz CT molecular complexity index is 560. The molecular formula is C20H32N4OS. The number of benzene rings is 1. The van der Waals surface area contributed by atoms with Crippen LogP contribution in [0.3, 0.4) is 0 Å². The molecule has 1 atom stereocenters. The molecule has 0 bridgehead atoms. The summed E-state index contributed by atoms with van der Waals surface area (Å²) in [6, 6.07) is 10.4. The zero-order valence-corrected chi connectivity index (χ0v) is 16.8. The third kappa shape index (κ3) is 7.68. The van der Waals surface area contributed by atoms with E-state index in [1.807, 2.05) is 17.8 Å². The standard InChI is InChI=1S/C20H32N4OS/c1-3-21-20(23-14-8-13-22-19(25)17-9-7-10-17)24-15-16(2)26-18-11-5-4-6-12-18/h4-6,11-12,16-17H,3,7-10,13-15H2,1-2H3,(H,22,25)(H2,21,23,24). The van der Waals surface area contributed by atoms with Gasteiger partial charge in [0.05, 0.1) is 6.54 Å². The van der Waals surface area contributed by atoms with Crippen molar-refractivity contribution in [3.8, 4) is 0 Å². The lowest BCUT2D eigenvalue weighted by atomic mass is 9.85. The molecular weight excluding hydrogens is 344 g/mol. The van der Waals surface area contributed by atoms with Gasteiger partial charge in [0.15, 0.2) is 5.96 Å². The topological polar surface area (TPSA) is 65.5 Å². The molecule has 0 aliphatic heterocycles. The van der Waals surface area contributed by atoms with Crippen molar-refractivity contribution in [3.63, 3.8) is 0 Å². The first kappa shape index (κ1) is 20.6. The van der Waals surface area contributed by atoms with Gasteiger partial charge in [-0.2, -0.15) is 0 Å². The molecule has 1 fully saturated rings. The molecule has 3 N–H and O–H groups in total. The van der Waals surface area contributed by atoms with Crippen molar-refractivity contribution in [2.24, 2.45) is 10.9 Å². The zero-order valence-electron chi connectivity index (χ0n) is 16.0. The minimum Gasteiger partial charge on any atom is -0.357 e. The van der Waals surface area contributed by atoms with Crippen LogP contribution >= 0.6 is 11.8 Å². The second-order valence-electron chi connectivity index (χ2n) is 6.66. The quantitative estimate of drug-likeness (QED) is 0.254. The maximum Gasteiger partial charge on any atom is 0.223 e. The Labute approximate surface area is 161 Å². The van der Waals surface area contributed by atoms with Gasteiger partial charge in [0.1, 0.15) is 0 Å². The Hall–Kier alpha value is -1.69. The predicted octanol–water partition coefficient (Wildman–Crippen LogP) is 3.03. The van der Waals surface area contributed by atoms with Crippen LogP contribution in [0.1, 0.15) is 39.5 Å². The molecule has 0 saturated heterocycles. The molecule has 1 aliphatic rings. The fourth-order valence-electron chi connectivity index (χ4n) is 2.65. The average Bonchev–Trinajstić information content (AvgIpc) is 2.58. The van der Waals surface area contributed by atoms with Crippen LogP contribution in [-0.2, 0) is 4.79 Å². The molecule has 0 heterocycles. The van der Waals surface area contributed by atoms with Crippen LogP contribution in [0.5, 0.6) is 0 Å². The molecule has 144 valence electrons. The van der Waals surface area contributed by atoms with Crippen LogP contribution in [0, 0.1) is 5.92 Å². The Morgan fingerprint density at radius 1 is 1.19 bits per heavy atom. The van der Waals surface area contributed by atoms with Crippen molar-refractivity contribution in [2.75, 3.05) is 26.2 Å². The first-order valence-electron chi connectivity index (χ1n) is 9.70. The molecule has 1 unspecified atom stereocenters. The van der Waals surface area contributed by atoms with E-state index in [0.29, 0.717) is 5.25 Å². The Morgan fingerprint density at radius 2 is 1.92 bits per heavy atom. The maximum atomic E-state index is 11.8. The number of thioether (sulfide) groups is 1. The monoisotopic (exact) mass is 376 g/mol. The van der Waals surface area contributed by atoms with E-state index in [1.165, 1.54) is 11.3 Å². The number of aliphatic imine (C=N–C) groups is 1. The van der Waals surface area contributed by atoms with E-state index in [9.17, 15) is 4.79 Å². The fourth-order valence-corrected chi connectivity index (χ4v) is 3.58. The van der Waals surface area contributed by atoms with E-state index in [-0.39, 0.29) is 11.8 Å². The summed E-state index contributed by atoms with van der Waals surface area (Å²) in [7, 11) is 0. The van der Waals surface area contributed by atoms with Crippen molar-refractivity contribution in [1.29, 1.82) is 0 Å². The van der Waals surface area contributed by atoms with Crippen molar-refractivity contribution < 1.29 is 4.79 Å². The largest absolute Gasteiger partial charge is 0.357 e. The van der Waals surface area contributed by atoms with Crippen LogP contribution in [0.15, 0.2) is 40.2 Å². The van der Waals surface area contributed by atoms with Crippen molar-refractivity contribution in [3.05, 3.63) is 30.3 Å². The number of carbonyl (C=O) groups excluding carboxylic acids is 1. The van der Waals surface area contributed by atoms with E-state index < -0.39 is 0 Å². The lowest BCUT2D eigenvalue weighted by molar-refractivity contribution is -0.127. The molecule has 6 heteroatoms. The van der Waals surface area contributed by atoms with Gasteiger partial charge in [-0.3, -0.25) is 9.79 Å². The first-order valence-corrected chi connectivity index (χ1v) is 10.6. The number of hydrogen-bond acceptors (Lipinski definition) is 3. The lowest BCUT2D eigenvalue weighted by Gasteiger charge is -2.24. The van der Waals surface area contributed by atoms with Crippen molar-refractivity contribution in [1.82, 2.24) is 16.0 Å². The number of nitrogens with zero attached hydrogens (tertiary/aromatic N) is 1. The van der Waals surface area contributed by atoms with Crippen LogP contribution in [0.25, 0.3) is 0 Å². The summed E-state index contributed by atoms with van der Waals surface area (Å²) in [5.74, 6) is 1.34. The van der Waals surface area contributed by atoms with Gasteiger partial charge < -0.3 is 16.0 Å². The van der Waals surface area contributed by atoms with Gasteiger partial charge in [-0.15, -0.1) is 11.8 Å². The molecule has 0 radical (unpaired) electrons. The van der Waals surface area contributed by atoms with Gasteiger partial charge in [-0.1, -0.05) is 31.5 Å².